The van der Waals surface area contributed by atoms with Crippen LogP contribution in [-0.2, 0) is 4.79 Å². The van der Waals surface area contributed by atoms with Crippen LogP contribution in [0.5, 0.6) is 5.75 Å². The first kappa shape index (κ1) is 20.7. The molecule has 0 spiro atoms. The molecule has 0 atom stereocenters. The molecule has 0 saturated carbocycles. The van der Waals surface area contributed by atoms with Crippen molar-refractivity contribution in [2.45, 2.75) is 11.6 Å². The van der Waals surface area contributed by atoms with E-state index in [9.17, 15) is 4.79 Å². The van der Waals surface area contributed by atoms with Gasteiger partial charge in [0.15, 0.2) is 5.16 Å². The Bertz CT molecular complexity index is 899. The van der Waals surface area contributed by atoms with E-state index < -0.39 is 0 Å². The third-order valence-electron chi connectivity index (χ3n) is 4.39. The first-order valence-corrected chi connectivity index (χ1v) is 10.4. The van der Waals surface area contributed by atoms with E-state index in [0.29, 0.717) is 17.5 Å². The van der Waals surface area contributed by atoms with Gasteiger partial charge in [-0.05, 0) is 42.8 Å². The molecule has 1 N–H and O–H groups in total. The smallest absolute Gasteiger partial charge is 0.230 e. The molecule has 152 valence electrons. The second kappa shape index (κ2) is 10.5. The van der Waals surface area contributed by atoms with Crippen molar-refractivity contribution in [1.82, 2.24) is 20.1 Å². The monoisotopic (exact) mass is 411 g/mol. The number of carbonyl (C=O) groups is 1. The van der Waals surface area contributed by atoms with Gasteiger partial charge in [-0.2, -0.15) is 0 Å². The molecule has 2 aromatic carbocycles. The number of carbonyl (C=O) groups excluding carboxylic acids is 1. The number of anilines is 1. The number of amides is 1. The third kappa shape index (κ3) is 5.99. The molecule has 0 unspecified atom stereocenters. The lowest BCUT2D eigenvalue weighted by Gasteiger charge is -2.19. The molecule has 1 aromatic heterocycles. The van der Waals surface area contributed by atoms with E-state index in [1.807, 2.05) is 47.0 Å². The molecule has 7 nitrogen and oxygen atoms in total. The van der Waals surface area contributed by atoms with Gasteiger partial charge >= 0.3 is 0 Å². The number of para-hydroxylation sites is 1. The van der Waals surface area contributed by atoms with E-state index >= 15 is 0 Å². The molecule has 3 rings (SSSR count). The lowest BCUT2D eigenvalue weighted by Crippen LogP contribution is -2.29. The van der Waals surface area contributed by atoms with Crippen molar-refractivity contribution < 1.29 is 9.53 Å². The first-order chi connectivity index (χ1) is 14.2. The zero-order valence-electron chi connectivity index (χ0n) is 16.6. The van der Waals surface area contributed by atoms with Gasteiger partial charge in [0.05, 0.1) is 12.9 Å². The van der Waals surface area contributed by atoms with Crippen LogP contribution in [0.3, 0.4) is 0 Å². The first-order valence-electron chi connectivity index (χ1n) is 9.37. The molecule has 0 bridgehead atoms. The van der Waals surface area contributed by atoms with Crippen LogP contribution in [0.4, 0.5) is 5.69 Å². The summed E-state index contributed by atoms with van der Waals surface area (Å²) in [5, 5.41) is 11.7. The van der Waals surface area contributed by atoms with Gasteiger partial charge in [-0.25, -0.2) is 0 Å². The number of ether oxygens (including phenoxy) is 1. The molecular formula is C21H25N5O2S. The third-order valence-corrected chi connectivity index (χ3v) is 5.33. The minimum absolute atomic E-state index is 0.0124. The fraction of sp³-hybridized carbons (Fsp3) is 0.286. The second-order valence-electron chi connectivity index (χ2n) is 6.43. The number of rotatable bonds is 10. The van der Waals surface area contributed by atoms with Crippen LogP contribution < -0.4 is 15.0 Å². The topological polar surface area (TPSA) is 72.3 Å². The number of benzene rings is 2. The molecule has 8 heteroatoms. The summed E-state index contributed by atoms with van der Waals surface area (Å²) in [5.74, 6) is 1.07. The summed E-state index contributed by atoms with van der Waals surface area (Å²) < 4.78 is 7.03. The maximum atomic E-state index is 12.2. The lowest BCUT2D eigenvalue weighted by atomic mass is 10.3. The normalized spacial score (nSPS) is 10.6. The van der Waals surface area contributed by atoms with E-state index in [0.717, 1.165) is 24.4 Å². The number of nitrogens with zero attached hydrogens (tertiary/aromatic N) is 4. The largest absolute Gasteiger partial charge is 0.497 e. The van der Waals surface area contributed by atoms with Crippen LogP contribution >= 0.6 is 11.8 Å². The van der Waals surface area contributed by atoms with Gasteiger partial charge in [0.1, 0.15) is 12.1 Å². The average Bonchev–Trinajstić information content (AvgIpc) is 3.24. The van der Waals surface area contributed by atoms with Gasteiger partial charge < -0.3 is 15.0 Å². The van der Waals surface area contributed by atoms with Gasteiger partial charge in [0.2, 0.25) is 5.91 Å². The van der Waals surface area contributed by atoms with Crippen LogP contribution in [0.25, 0.3) is 5.69 Å². The van der Waals surface area contributed by atoms with Crippen LogP contribution in [0.2, 0.25) is 0 Å². The van der Waals surface area contributed by atoms with Gasteiger partial charge in [-0.3, -0.25) is 9.36 Å². The Morgan fingerprint density at radius 2 is 1.93 bits per heavy atom. The van der Waals surface area contributed by atoms with Crippen molar-refractivity contribution in [2.75, 3.05) is 37.9 Å². The number of methoxy groups -OCH3 is 1. The molecule has 0 fully saturated rings. The highest BCUT2D eigenvalue weighted by Gasteiger charge is 2.10. The molecule has 29 heavy (non-hydrogen) atoms. The number of aromatic nitrogens is 3. The summed E-state index contributed by atoms with van der Waals surface area (Å²) in [7, 11) is 3.69. The molecule has 0 saturated heterocycles. The van der Waals surface area contributed by atoms with Crippen molar-refractivity contribution >= 4 is 23.4 Å². The molecular weight excluding hydrogens is 386 g/mol. The Labute approximate surface area is 175 Å². The lowest BCUT2D eigenvalue weighted by molar-refractivity contribution is -0.118. The van der Waals surface area contributed by atoms with Crippen molar-refractivity contribution in [2.24, 2.45) is 0 Å². The summed E-state index contributed by atoms with van der Waals surface area (Å²) in [5.41, 5.74) is 2.09. The number of hydrogen-bond donors (Lipinski definition) is 1. The summed E-state index contributed by atoms with van der Waals surface area (Å²) in [6.07, 6.45) is 2.52. The van der Waals surface area contributed by atoms with Crippen LogP contribution in [0.1, 0.15) is 6.42 Å². The number of hydrogen-bond acceptors (Lipinski definition) is 6. The Hall–Kier alpha value is -3.00. The van der Waals surface area contributed by atoms with E-state index in [1.165, 1.54) is 17.4 Å². The molecule has 1 amide bonds. The van der Waals surface area contributed by atoms with Crippen molar-refractivity contribution in [1.29, 1.82) is 0 Å². The predicted molar refractivity (Wildman–Crippen MR) is 116 cm³/mol. The maximum Gasteiger partial charge on any atom is 0.230 e. The predicted octanol–water partition coefficient (Wildman–Crippen LogP) is 3.01. The van der Waals surface area contributed by atoms with E-state index in [2.05, 4.69) is 39.6 Å². The van der Waals surface area contributed by atoms with Crippen molar-refractivity contribution in [3.63, 3.8) is 0 Å². The van der Waals surface area contributed by atoms with E-state index in [-0.39, 0.29) is 5.91 Å². The minimum atomic E-state index is -0.0124. The molecule has 0 aliphatic carbocycles. The molecule has 3 aromatic rings. The Balaban J connectivity index is 1.41. The minimum Gasteiger partial charge on any atom is -0.497 e. The fourth-order valence-corrected chi connectivity index (χ4v) is 3.54. The highest BCUT2D eigenvalue weighted by molar-refractivity contribution is 7.99. The summed E-state index contributed by atoms with van der Waals surface area (Å²) in [4.78, 5) is 14.3. The van der Waals surface area contributed by atoms with Crippen molar-refractivity contribution in [3.05, 3.63) is 60.9 Å². The number of thioether (sulfide) groups is 1. The highest BCUT2D eigenvalue weighted by atomic mass is 32.2. The van der Waals surface area contributed by atoms with Crippen molar-refractivity contribution in [3.8, 4) is 11.4 Å². The maximum absolute atomic E-state index is 12.2. The highest BCUT2D eigenvalue weighted by Crippen LogP contribution is 2.21. The Morgan fingerprint density at radius 3 is 2.66 bits per heavy atom. The average molecular weight is 412 g/mol. The standard InChI is InChI=1S/C21H25N5O2S/c1-25(17-7-4-3-5-8-17)14-6-13-22-20(27)15-29-21-24-23-16-26(21)18-9-11-19(28-2)12-10-18/h3-5,7-12,16H,6,13-15H2,1-2H3,(H,22,27). The van der Waals surface area contributed by atoms with Gasteiger partial charge in [0, 0.05) is 31.5 Å². The van der Waals surface area contributed by atoms with Gasteiger partial charge in [-0.15, -0.1) is 10.2 Å². The molecule has 0 radical (unpaired) electrons. The van der Waals surface area contributed by atoms with Gasteiger partial charge in [-0.1, -0.05) is 30.0 Å². The quantitative estimate of drug-likeness (QED) is 0.408. The fourth-order valence-electron chi connectivity index (χ4n) is 2.78. The van der Waals surface area contributed by atoms with Gasteiger partial charge in [0.25, 0.3) is 0 Å². The summed E-state index contributed by atoms with van der Waals surface area (Å²) in [6.45, 7) is 1.52. The van der Waals surface area contributed by atoms with Crippen LogP contribution in [0.15, 0.2) is 66.1 Å². The van der Waals surface area contributed by atoms with E-state index in [1.54, 1.807) is 13.4 Å². The SMILES string of the molecule is COc1ccc(-n2cnnc2SCC(=O)NCCCN(C)c2ccccc2)cc1. The number of nitrogens with one attached hydrogen (secondary N) is 1. The van der Waals surface area contributed by atoms with Crippen LogP contribution in [0, 0.1) is 0 Å². The summed E-state index contributed by atoms with van der Waals surface area (Å²) >= 11 is 1.36. The summed E-state index contributed by atoms with van der Waals surface area (Å²) in [6, 6.07) is 17.8. The van der Waals surface area contributed by atoms with E-state index in [4.69, 9.17) is 4.74 Å². The zero-order valence-corrected chi connectivity index (χ0v) is 17.4. The Kier molecular flexibility index (Phi) is 7.52. The second-order valence-corrected chi connectivity index (χ2v) is 7.37. The Morgan fingerprint density at radius 1 is 1.17 bits per heavy atom. The molecule has 1 heterocycles. The zero-order chi connectivity index (χ0) is 20.5. The molecule has 0 aliphatic heterocycles. The van der Waals surface area contributed by atoms with Crippen LogP contribution in [-0.4, -0.2) is 53.7 Å². The molecule has 0 aliphatic rings.